The zero-order valence-corrected chi connectivity index (χ0v) is 7.67. The van der Waals surface area contributed by atoms with Crippen molar-refractivity contribution >= 4 is 20.0 Å². The van der Waals surface area contributed by atoms with Crippen LogP contribution in [0.1, 0.15) is 19.3 Å². The standard InChI is InChI=1S/C6H12O2S2/c1-8-10(7,9)5-6-3-2-4-6/h6H,2-5H2,1H3. The quantitative estimate of drug-likeness (QED) is 0.650. The molecule has 1 saturated carbocycles. The second-order valence-electron chi connectivity index (χ2n) is 2.69. The van der Waals surface area contributed by atoms with Crippen molar-refractivity contribution in [1.82, 2.24) is 0 Å². The van der Waals surface area contributed by atoms with Gasteiger partial charge in [0.15, 0.2) is 0 Å². The molecule has 0 amide bonds. The Morgan fingerprint density at radius 3 is 2.60 bits per heavy atom. The first kappa shape index (κ1) is 8.43. The molecule has 60 valence electrons. The predicted octanol–water partition coefficient (Wildman–Crippen LogP) is 1.09. The molecule has 0 aromatic heterocycles. The molecule has 0 aromatic carbocycles. The largest absolute Gasteiger partial charge is 0.293 e. The van der Waals surface area contributed by atoms with Gasteiger partial charge in [-0.1, -0.05) is 6.42 Å². The van der Waals surface area contributed by atoms with Crippen molar-refractivity contribution in [3.8, 4) is 0 Å². The molecule has 0 radical (unpaired) electrons. The first-order valence-electron chi connectivity index (χ1n) is 3.42. The number of hydrogen-bond donors (Lipinski definition) is 0. The van der Waals surface area contributed by atoms with Gasteiger partial charge in [0.1, 0.15) is 8.77 Å². The molecule has 1 aliphatic carbocycles. The van der Waals surface area contributed by atoms with Crippen molar-refractivity contribution in [3.63, 3.8) is 0 Å². The van der Waals surface area contributed by atoms with Gasteiger partial charge < -0.3 is 0 Å². The van der Waals surface area contributed by atoms with E-state index in [0.29, 0.717) is 11.7 Å². The van der Waals surface area contributed by atoms with Crippen molar-refractivity contribution < 1.29 is 8.39 Å². The summed E-state index contributed by atoms with van der Waals surface area (Å²) < 4.78 is 15.8. The molecule has 0 bridgehead atoms. The van der Waals surface area contributed by atoms with E-state index in [9.17, 15) is 4.21 Å². The third-order valence-electron chi connectivity index (χ3n) is 1.92. The minimum atomic E-state index is -2.35. The van der Waals surface area contributed by atoms with Gasteiger partial charge in [-0.05, 0) is 18.8 Å². The lowest BCUT2D eigenvalue weighted by atomic mass is 9.87. The zero-order chi connectivity index (χ0) is 7.61. The lowest BCUT2D eigenvalue weighted by Crippen LogP contribution is -2.22. The van der Waals surface area contributed by atoms with Gasteiger partial charge in [0, 0.05) is 11.2 Å². The van der Waals surface area contributed by atoms with Gasteiger partial charge in [0.05, 0.1) is 12.9 Å². The van der Waals surface area contributed by atoms with Crippen LogP contribution in [0.5, 0.6) is 0 Å². The highest BCUT2D eigenvalue weighted by Crippen LogP contribution is 2.27. The molecule has 2 nitrogen and oxygen atoms in total. The van der Waals surface area contributed by atoms with Crippen molar-refractivity contribution in [3.05, 3.63) is 0 Å². The van der Waals surface area contributed by atoms with Gasteiger partial charge in [0.2, 0.25) is 0 Å². The van der Waals surface area contributed by atoms with Crippen LogP contribution in [0.2, 0.25) is 0 Å². The molecule has 10 heavy (non-hydrogen) atoms. The molecular formula is C6H12O2S2. The predicted molar refractivity (Wildman–Crippen MR) is 44.7 cm³/mol. The highest BCUT2D eigenvalue weighted by molar-refractivity contribution is 8.30. The van der Waals surface area contributed by atoms with Crippen LogP contribution in [0, 0.1) is 5.92 Å². The van der Waals surface area contributed by atoms with Crippen LogP contribution < -0.4 is 0 Å². The Morgan fingerprint density at radius 2 is 2.30 bits per heavy atom. The SMILES string of the molecule is COS(=O)(=S)CC1CCC1. The number of hydrogen-bond acceptors (Lipinski definition) is 3. The molecule has 1 atom stereocenters. The molecule has 0 aliphatic heterocycles. The van der Waals surface area contributed by atoms with Crippen LogP contribution in [-0.2, 0) is 24.1 Å². The summed E-state index contributed by atoms with van der Waals surface area (Å²) in [5.74, 6) is 1.16. The Hall–Kier alpha value is 0.330. The fraction of sp³-hybridized carbons (Fsp3) is 1.00. The van der Waals surface area contributed by atoms with Crippen LogP contribution in [0.15, 0.2) is 0 Å². The normalized spacial score (nSPS) is 25.3. The van der Waals surface area contributed by atoms with Gasteiger partial charge >= 0.3 is 0 Å². The Balaban J connectivity index is 2.36. The zero-order valence-electron chi connectivity index (χ0n) is 6.04. The van der Waals surface area contributed by atoms with Crippen LogP contribution in [0.25, 0.3) is 0 Å². The lowest BCUT2D eigenvalue weighted by Gasteiger charge is -2.25. The maximum Gasteiger partial charge on any atom is 0.144 e. The summed E-state index contributed by atoms with van der Waals surface area (Å²) in [5.41, 5.74) is 0. The molecular weight excluding hydrogens is 168 g/mol. The first-order chi connectivity index (χ1) is 4.64. The smallest absolute Gasteiger partial charge is 0.144 e. The summed E-state index contributed by atoms with van der Waals surface area (Å²) in [7, 11) is -0.922. The summed E-state index contributed by atoms with van der Waals surface area (Å²) in [5, 5.41) is 0. The Morgan fingerprint density at radius 1 is 1.70 bits per heavy atom. The van der Waals surface area contributed by atoms with Crippen molar-refractivity contribution in [1.29, 1.82) is 0 Å². The van der Waals surface area contributed by atoms with Gasteiger partial charge in [-0.15, -0.1) is 0 Å². The van der Waals surface area contributed by atoms with E-state index in [0.717, 1.165) is 0 Å². The highest BCUT2D eigenvalue weighted by atomic mass is 32.8. The molecule has 4 heteroatoms. The van der Waals surface area contributed by atoms with Crippen molar-refractivity contribution in [2.45, 2.75) is 19.3 Å². The number of rotatable bonds is 3. The van der Waals surface area contributed by atoms with Gasteiger partial charge in [-0.25, -0.2) is 4.21 Å². The fourth-order valence-corrected chi connectivity index (χ4v) is 2.64. The highest BCUT2D eigenvalue weighted by Gasteiger charge is 2.21. The molecule has 0 heterocycles. The van der Waals surface area contributed by atoms with Crippen LogP contribution in [0.4, 0.5) is 0 Å². The van der Waals surface area contributed by atoms with Crippen LogP contribution in [0.3, 0.4) is 0 Å². The minimum Gasteiger partial charge on any atom is -0.293 e. The van der Waals surface area contributed by atoms with E-state index in [-0.39, 0.29) is 0 Å². The molecule has 1 aliphatic rings. The Labute approximate surface area is 66.8 Å². The van der Waals surface area contributed by atoms with Gasteiger partial charge in [-0.3, -0.25) is 4.18 Å². The summed E-state index contributed by atoms with van der Waals surface area (Å²) in [4.78, 5) is 0. The summed E-state index contributed by atoms with van der Waals surface area (Å²) >= 11 is 4.73. The van der Waals surface area contributed by atoms with Gasteiger partial charge in [0.25, 0.3) is 0 Å². The van der Waals surface area contributed by atoms with E-state index < -0.39 is 8.77 Å². The maximum atomic E-state index is 11.2. The fourth-order valence-electron chi connectivity index (χ4n) is 1.02. The molecule has 1 fully saturated rings. The Kier molecular flexibility index (Phi) is 2.66. The van der Waals surface area contributed by atoms with Gasteiger partial charge in [-0.2, -0.15) is 0 Å². The minimum absolute atomic E-state index is 0.574. The summed E-state index contributed by atoms with van der Waals surface area (Å²) in [6, 6.07) is 0. The molecule has 0 saturated heterocycles. The summed E-state index contributed by atoms with van der Waals surface area (Å²) in [6.07, 6.45) is 3.62. The van der Waals surface area contributed by atoms with Crippen LogP contribution in [-0.4, -0.2) is 17.1 Å². The van der Waals surface area contributed by atoms with Crippen molar-refractivity contribution in [2.75, 3.05) is 12.9 Å². The molecule has 0 spiro atoms. The average molecular weight is 180 g/mol. The first-order valence-corrected chi connectivity index (χ1v) is 6.00. The van der Waals surface area contributed by atoms with E-state index in [1.807, 2.05) is 0 Å². The molecule has 0 N–H and O–H groups in total. The molecule has 1 rings (SSSR count). The van der Waals surface area contributed by atoms with E-state index in [1.165, 1.54) is 26.4 Å². The third-order valence-corrected chi connectivity index (χ3v) is 4.12. The van der Waals surface area contributed by atoms with Crippen LogP contribution >= 0.6 is 0 Å². The van der Waals surface area contributed by atoms with E-state index in [1.54, 1.807) is 0 Å². The molecule has 0 aromatic rings. The maximum absolute atomic E-state index is 11.2. The van der Waals surface area contributed by atoms with E-state index in [4.69, 9.17) is 11.2 Å². The Bertz CT molecular complexity index is 192. The third kappa shape index (κ3) is 2.18. The second-order valence-corrected chi connectivity index (χ2v) is 5.99. The monoisotopic (exact) mass is 180 g/mol. The average Bonchev–Trinajstić information content (AvgIpc) is 1.80. The molecule has 1 unspecified atom stereocenters. The lowest BCUT2D eigenvalue weighted by molar-refractivity contribution is 0.339. The van der Waals surface area contributed by atoms with E-state index in [2.05, 4.69) is 4.18 Å². The van der Waals surface area contributed by atoms with Crippen molar-refractivity contribution in [2.24, 2.45) is 5.92 Å². The van der Waals surface area contributed by atoms with E-state index >= 15 is 0 Å². The topological polar surface area (TPSA) is 26.3 Å². The second kappa shape index (κ2) is 3.15. The summed E-state index contributed by atoms with van der Waals surface area (Å²) in [6.45, 7) is 0.